The Kier molecular flexibility index (Phi) is 4.16. The van der Waals surface area contributed by atoms with Gasteiger partial charge in [-0.3, -0.25) is 4.90 Å². The molecular formula is C14H18FNO2S. The van der Waals surface area contributed by atoms with E-state index in [0.717, 1.165) is 24.4 Å². The minimum absolute atomic E-state index is 0.220. The number of thioether (sulfide) groups is 1. The molecule has 0 aliphatic carbocycles. The topological polar surface area (TPSA) is 40.5 Å². The highest BCUT2D eigenvalue weighted by atomic mass is 32.2. The largest absolute Gasteiger partial charge is 0.478 e. The number of nitrogens with zero attached hydrogens (tertiary/aromatic N) is 1. The van der Waals surface area contributed by atoms with Crippen molar-refractivity contribution in [3.63, 3.8) is 0 Å². The third-order valence-corrected chi connectivity index (χ3v) is 4.47. The van der Waals surface area contributed by atoms with Crippen LogP contribution < -0.4 is 0 Å². The lowest BCUT2D eigenvalue weighted by Gasteiger charge is -2.37. The van der Waals surface area contributed by atoms with Crippen molar-refractivity contribution in [2.24, 2.45) is 0 Å². The van der Waals surface area contributed by atoms with E-state index in [1.807, 2.05) is 11.8 Å². The van der Waals surface area contributed by atoms with Crippen molar-refractivity contribution in [2.75, 3.05) is 18.8 Å². The fraction of sp³-hybridized carbons (Fsp3) is 0.500. The predicted octanol–water partition coefficient (Wildman–Crippen LogP) is 2.85. The fourth-order valence-electron chi connectivity index (χ4n) is 2.34. The zero-order valence-corrected chi connectivity index (χ0v) is 12.0. The first-order valence-electron chi connectivity index (χ1n) is 6.25. The highest BCUT2D eigenvalue weighted by Crippen LogP contribution is 2.30. The van der Waals surface area contributed by atoms with Crippen LogP contribution >= 0.6 is 11.8 Å². The number of benzene rings is 1. The lowest BCUT2D eigenvalue weighted by molar-refractivity contribution is 0.0692. The molecule has 0 unspecified atom stereocenters. The van der Waals surface area contributed by atoms with Gasteiger partial charge in [0.15, 0.2) is 0 Å². The van der Waals surface area contributed by atoms with Crippen molar-refractivity contribution in [3.05, 3.63) is 35.1 Å². The molecule has 1 aliphatic rings. The summed E-state index contributed by atoms with van der Waals surface area (Å²) in [5.41, 5.74) is 0.559. The second-order valence-electron chi connectivity index (χ2n) is 5.44. The summed E-state index contributed by atoms with van der Waals surface area (Å²) in [6, 6.07) is 4.37. The minimum atomic E-state index is -1.22. The Morgan fingerprint density at radius 3 is 2.84 bits per heavy atom. The van der Waals surface area contributed by atoms with E-state index in [1.165, 1.54) is 12.1 Å². The maximum atomic E-state index is 13.6. The lowest BCUT2D eigenvalue weighted by atomic mass is 10.1. The standard InChI is InChI=1S/C14H18FNO2S/c1-14(2)9-16(5-6-19-14)8-10-3-4-11(13(17)18)12(15)7-10/h3-4,7H,5-6,8-9H2,1-2H3,(H,17,18). The highest BCUT2D eigenvalue weighted by Gasteiger charge is 2.27. The molecule has 0 saturated carbocycles. The average molecular weight is 283 g/mol. The second kappa shape index (κ2) is 5.51. The third-order valence-electron chi connectivity index (χ3n) is 3.17. The zero-order valence-electron chi connectivity index (χ0n) is 11.1. The summed E-state index contributed by atoms with van der Waals surface area (Å²) in [6.45, 7) is 7.02. The third kappa shape index (κ3) is 3.70. The number of hydrogen-bond acceptors (Lipinski definition) is 3. The number of carbonyl (C=O) groups is 1. The smallest absolute Gasteiger partial charge is 0.338 e. The second-order valence-corrected chi connectivity index (χ2v) is 7.24. The Morgan fingerprint density at radius 1 is 1.53 bits per heavy atom. The van der Waals surface area contributed by atoms with Crippen molar-refractivity contribution in [3.8, 4) is 0 Å². The van der Waals surface area contributed by atoms with E-state index in [2.05, 4.69) is 18.7 Å². The van der Waals surface area contributed by atoms with Crippen LogP contribution in [0.4, 0.5) is 4.39 Å². The molecular weight excluding hydrogens is 265 g/mol. The average Bonchev–Trinajstić information content (AvgIpc) is 2.27. The van der Waals surface area contributed by atoms with Crippen molar-refractivity contribution in [2.45, 2.75) is 25.1 Å². The van der Waals surface area contributed by atoms with Crippen LogP contribution in [0.1, 0.15) is 29.8 Å². The van der Waals surface area contributed by atoms with Crippen LogP contribution in [0.25, 0.3) is 0 Å². The summed E-state index contributed by atoms with van der Waals surface area (Å²) in [5, 5.41) is 8.79. The van der Waals surface area contributed by atoms with Gasteiger partial charge in [-0.05, 0) is 31.5 Å². The molecule has 3 nitrogen and oxygen atoms in total. The van der Waals surface area contributed by atoms with E-state index >= 15 is 0 Å². The highest BCUT2D eigenvalue weighted by molar-refractivity contribution is 8.00. The quantitative estimate of drug-likeness (QED) is 0.926. The normalized spacial score (nSPS) is 19.3. The van der Waals surface area contributed by atoms with Crippen LogP contribution in [-0.2, 0) is 6.54 Å². The molecule has 1 aromatic carbocycles. The van der Waals surface area contributed by atoms with Crippen LogP contribution in [0, 0.1) is 5.82 Å². The van der Waals surface area contributed by atoms with Gasteiger partial charge in [0, 0.05) is 30.1 Å². The summed E-state index contributed by atoms with van der Waals surface area (Å²) >= 11 is 1.95. The lowest BCUT2D eigenvalue weighted by Crippen LogP contribution is -2.42. The van der Waals surface area contributed by atoms with Crippen molar-refractivity contribution in [1.82, 2.24) is 4.90 Å². The molecule has 19 heavy (non-hydrogen) atoms. The van der Waals surface area contributed by atoms with Crippen molar-refractivity contribution >= 4 is 17.7 Å². The first kappa shape index (κ1) is 14.3. The number of hydrogen-bond donors (Lipinski definition) is 1. The SMILES string of the molecule is CC1(C)CN(Cc2ccc(C(=O)O)c(F)c2)CCS1. The molecule has 2 rings (SSSR count). The Labute approximate surface area is 116 Å². The van der Waals surface area contributed by atoms with Gasteiger partial charge in [0.1, 0.15) is 5.82 Å². The summed E-state index contributed by atoms with van der Waals surface area (Å²) in [6.07, 6.45) is 0. The van der Waals surface area contributed by atoms with Crippen molar-refractivity contribution < 1.29 is 14.3 Å². The van der Waals surface area contributed by atoms with Crippen LogP contribution in [-0.4, -0.2) is 39.6 Å². The first-order chi connectivity index (χ1) is 8.87. The zero-order chi connectivity index (χ0) is 14.0. The number of aromatic carboxylic acids is 1. The molecule has 104 valence electrons. The molecule has 0 amide bonds. The molecule has 0 bridgehead atoms. The van der Waals surface area contributed by atoms with Gasteiger partial charge in [-0.1, -0.05) is 6.07 Å². The molecule has 0 aromatic heterocycles. The van der Waals surface area contributed by atoms with E-state index in [0.29, 0.717) is 6.54 Å². The Morgan fingerprint density at radius 2 is 2.26 bits per heavy atom. The Bertz CT molecular complexity index is 490. The molecule has 1 aliphatic heterocycles. The molecule has 0 atom stereocenters. The Balaban J connectivity index is 2.07. The monoisotopic (exact) mass is 283 g/mol. The number of rotatable bonds is 3. The molecule has 0 radical (unpaired) electrons. The maximum absolute atomic E-state index is 13.6. The molecule has 0 spiro atoms. The minimum Gasteiger partial charge on any atom is -0.478 e. The van der Waals surface area contributed by atoms with Gasteiger partial charge < -0.3 is 5.11 Å². The molecule has 5 heteroatoms. The summed E-state index contributed by atoms with van der Waals surface area (Å²) in [5.74, 6) is -0.807. The van der Waals surface area contributed by atoms with Gasteiger partial charge in [-0.15, -0.1) is 0 Å². The van der Waals surface area contributed by atoms with Gasteiger partial charge >= 0.3 is 5.97 Å². The Hall–Kier alpha value is -1.07. The van der Waals surface area contributed by atoms with Crippen LogP contribution in [0.2, 0.25) is 0 Å². The van der Waals surface area contributed by atoms with Crippen LogP contribution in [0.3, 0.4) is 0 Å². The predicted molar refractivity (Wildman–Crippen MR) is 75.2 cm³/mol. The summed E-state index contributed by atoms with van der Waals surface area (Å²) in [4.78, 5) is 13.0. The molecule has 1 N–H and O–H groups in total. The molecule has 1 aromatic rings. The molecule has 1 saturated heterocycles. The van der Waals surface area contributed by atoms with Crippen LogP contribution in [0.15, 0.2) is 18.2 Å². The number of carboxylic acids is 1. The fourth-order valence-corrected chi connectivity index (χ4v) is 3.51. The van der Waals surface area contributed by atoms with Gasteiger partial charge in [-0.25, -0.2) is 9.18 Å². The van der Waals surface area contributed by atoms with E-state index in [1.54, 1.807) is 6.07 Å². The van der Waals surface area contributed by atoms with E-state index in [4.69, 9.17) is 5.11 Å². The van der Waals surface area contributed by atoms with E-state index in [-0.39, 0.29) is 10.3 Å². The van der Waals surface area contributed by atoms with E-state index in [9.17, 15) is 9.18 Å². The maximum Gasteiger partial charge on any atom is 0.338 e. The van der Waals surface area contributed by atoms with Gasteiger partial charge in [0.2, 0.25) is 0 Å². The first-order valence-corrected chi connectivity index (χ1v) is 7.24. The molecule has 1 fully saturated rings. The van der Waals surface area contributed by atoms with Crippen molar-refractivity contribution in [1.29, 1.82) is 0 Å². The summed E-state index contributed by atoms with van der Waals surface area (Å²) in [7, 11) is 0. The number of carboxylic acid groups (broad SMARTS) is 1. The molecule has 1 heterocycles. The van der Waals surface area contributed by atoms with Gasteiger partial charge in [0.05, 0.1) is 5.56 Å². The summed E-state index contributed by atoms with van der Waals surface area (Å²) < 4.78 is 13.8. The van der Waals surface area contributed by atoms with Crippen LogP contribution in [0.5, 0.6) is 0 Å². The van der Waals surface area contributed by atoms with E-state index < -0.39 is 11.8 Å². The number of halogens is 1. The van der Waals surface area contributed by atoms with Gasteiger partial charge in [0.25, 0.3) is 0 Å². The van der Waals surface area contributed by atoms with Gasteiger partial charge in [-0.2, -0.15) is 11.8 Å².